The van der Waals surface area contributed by atoms with Crippen molar-refractivity contribution in [2.45, 2.75) is 59.5 Å². The fraction of sp³-hybridized carbons (Fsp3) is 1.00. The maximum Gasteiger partial charge on any atom is 0.333 e. The molecule has 1 atom stereocenters. The third kappa shape index (κ3) is 8.80. The molecule has 0 saturated carbocycles. The number of rotatable bonds is 7. The summed E-state index contributed by atoms with van der Waals surface area (Å²) in [5.41, 5.74) is 0.345. The van der Waals surface area contributed by atoms with Crippen molar-refractivity contribution in [3.8, 4) is 0 Å². The molecule has 0 bridgehead atoms. The largest absolute Gasteiger partial charge is 0.333 e. The lowest BCUT2D eigenvalue weighted by molar-refractivity contribution is 0.211. The van der Waals surface area contributed by atoms with Crippen molar-refractivity contribution >= 4 is 7.60 Å². The van der Waals surface area contributed by atoms with Crippen molar-refractivity contribution in [3.63, 3.8) is 0 Å². The van der Waals surface area contributed by atoms with Crippen LogP contribution in [0.25, 0.3) is 0 Å². The fourth-order valence-electron chi connectivity index (χ4n) is 1.35. The van der Waals surface area contributed by atoms with Crippen molar-refractivity contribution in [3.05, 3.63) is 0 Å². The van der Waals surface area contributed by atoms with Crippen LogP contribution in [0.2, 0.25) is 0 Å². The van der Waals surface area contributed by atoms with E-state index in [2.05, 4.69) is 32.7 Å². The maximum absolute atomic E-state index is 11.9. The monoisotopic (exact) mass is 293 g/mol. The Morgan fingerprint density at radius 2 is 1.63 bits per heavy atom. The van der Waals surface area contributed by atoms with Gasteiger partial charge in [-0.25, -0.2) is 0 Å². The summed E-state index contributed by atoms with van der Waals surface area (Å²) < 4.78 is 17.0. The summed E-state index contributed by atoms with van der Waals surface area (Å²) in [6.07, 6.45) is 1.92. The molecular formula is C14H32NO3P. The van der Waals surface area contributed by atoms with Gasteiger partial charge in [0, 0.05) is 6.54 Å². The SMILES string of the molecule is CN(CCCOP(=O)(O)C(C)(C)C)CCC(C)(C)C. The first-order chi connectivity index (χ1) is 8.35. The van der Waals surface area contributed by atoms with E-state index in [9.17, 15) is 9.46 Å². The minimum absolute atomic E-state index is 0.338. The standard InChI is InChI=1S/C14H32NO3P/c1-13(2,3)9-11-15(7)10-8-12-18-19(16,17)14(4,5)6/h8-12H2,1-7H3,(H,16,17). The predicted octanol–water partition coefficient (Wildman–Crippen LogP) is 3.75. The molecule has 1 unspecified atom stereocenters. The van der Waals surface area contributed by atoms with E-state index >= 15 is 0 Å². The molecule has 0 aliphatic heterocycles. The second-order valence-corrected chi connectivity index (χ2v) is 10.1. The molecule has 0 saturated heterocycles. The van der Waals surface area contributed by atoms with Gasteiger partial charge in [0.2, 0.25) is 0 Å². The highest BCUT2D eigenvalue weighted by Gasteiger charge is 2.35. The van der Waals surface area contributed by atoms with Crippen LogP contribution in [0, 0.1) is 5.41 Å². The number of nitrogens with zero attached hydrogens (tertiary/aromatic N) is 1. The third-order valence-corrected chi connectivity index (χ3v) is 5.27. The van der Waals surface area contributed by atoms with E-state index < -0.39 is 12.8 Å². The van der Waals surface area contributed by atoms with Gasteiger partial charge >= 0.3 is 7.60 Å². The second-order valence-electron chi connectivity index (χ2n) is 7.49. The van der Waals surface area contributed by atoms with Crippen LogP contribution in [-0.2, 0) is 9.09 Å². The van der Waals surface area contributed by atoms with E-state index in [0.29, 0.717) is 12.0 Å². The molecule has 116 valence electrons. The van der Waals surface area contributed by atoms with Gasteiger partial charge in [-0.05, 0) is 52.6 Å². The average molecular weight is 293 g/mol. The van der Waals surface area contributed by atoms with Gasteiger partial charge in [0.25, 0.3) is 0 Å². The lowest BCUT2D eigenvalue weighted by atomic mass is 9.92. The summed E-state index contributed by atoms with van der Waals surface area (Å²) in [4.78, 5) is 12.0. The summed E-state index contributed by atoms with van der Waals surface area (Å²) in [5, 5.41) is -0.703. The predicted molar refractivity (Wildman–Crippen MR) is 81.7 cm³/mol. The minimum atomic E-state index is -3.50. The highest BCUT2D eigenvalue weighted by atomic mass is 31.2. The molecule has 0 spiro atoms. The van der Waals surface area contributed by atoms with Crippen molar-refractivity contribution < 1.29 is 14.0 Å². The van der Waals surface area contributed by atoms with E-state index in [1.165, 1.54) is 0 Å². The van der Waals surface area contributed by atoms with Crippen LogP contribution in [0.4, 0.5) is 0 Å². The van der Waals surface area contributed by atoms with Crippen LogP contribution in [0.15, 0.2) is 0 Å². The van der Waals surface area contributed by atoms with E-state index in [4.69, 9.17) is 4.52 Å². The quantitative estimate of drug-likeness (QED) is 0.574. The molecule has 1 N–H and O–H groups in total. The molecule has 5 heteroatoms. The van der Waals surface area contributed by atoms with Crippen molar-refractivity contribution in [1.29, 1.82) is 0 Å². The molecule has 19 heavy (non-hydrogen) atoms. The lowest BCUT2D eigenvalue weighted by Crippen LogP contribution is -2.25. The summed E-state index contributed by atoms with van der Waals surface area (Å²) >= 11 is 0. The molecule has 0 aromatic rings. The van der Waals surface area contributed by atoms with Gasteiger partial charge in [-0.3, -0.25) is 4.57 Å². The summed E-state index contributed by atoms with van der Waals surface area (Å²) in [6.45, 7) is 14.1. The van der Waals surface area contributed by atoms with Crippen molar-refractivity contribution in [2.75, 3.05) is 26.7 Å². The van der Waals surface area contributed by atoms with Gasteiger partial charge in [-0.2, -0.15) is 0 Å². The van der Waals surface area contributed by atoms with Crippen molar-refractivity contribution in [1.82, 2.24) is 4.90 Å². The van der Waals surface area contributed by atoms with E-state index in [-0.39, 0.29) is 0 Å². The Morgan fingerprint density at radius 1 is 1.11 bits per heavy atom. The van der Waals surface area contributed by atoms with E-state index in [1.807, 2.05) is 0 Å². The van der Waals surface area contributed by atoms with Crippen LogP contribution in [0.5, 0.6) is 0 Å². The molecular weight excluding hydrogens is 261 g/mol. The second kappa shape index (κ2) is 7.21. The zero-order valence-corrected chi connectivity index (χ0v) is 14.6. The normalized spacial score (nSPS) is 16.7. The Balaban J connectivity index is 3.84. The van der Waals surface area contributed by atoms with Gasteiger partial charge in [0.1, 0.15) is 0 Å². The molecule has 0 rings (SSSR count). The van der Waals surface area contributed by atoms with Gasteiger partial charge in [0.05, 0.1) is 11.8 Å². The molecule has 0 radical (unpaired) electrons. The highest BCUT2D eigenvalue weighted by molar-refractivity contribution is 7.54. The average Bonchev–Trinajstić information content (AvgIpc) is 2.19. The summed E-state index contributed by atoms with van der Waals surface area (Å²) in [5.74, 6) is 0. The summed E-state index contributed by atoms with van der Waals surface area (Å²) in [6, 6.07) is 0. The maximum atomic E-state index is 11.9. The Labute approximate surface area is 119 Å². The molecule has 4 nitrogen and oxygen atoms in total. The molecule has 0 amide bonds. The van der Waals surface area contributed by atoms with Crippen LogP contribution < -0.4 is 0 Å². The van der Waals surface area contributed by atoms with Crippen LogP contribution in [0.3, 0.4) is 0 Å². The highest BCUT2D eigenvalue weighted by Crippen LogP contribution is 2.54. The zero-order valence-electron chi connectivity index (χ0n) is 13.7. The molecule has 0 aliphatic carbocycles. The molecule has 0 aliphatic rings. The van der Waals surface area contributed by atoms with Crippen LogP contribution in [0.1, 0.15) is 54.4 Å². The Hall–Kier alpha value is 0.110. The first-order valence-electron chi connectivity index (χ1n) is 7.01. The zero-order chi connectivity index (χ0) is 15.3. The third-order valence-electron chi connectivity index (χ3n) is 3.04. The number of hydrogen-bond donors (Lipinski definition) is 1. The molecule has 0 aromatic carbocycles. The Kier molecular flexibility index (Phi) is 7.26. The van der Waals surface area contributed by atoms with Gasteiger partial charge in [0.15, 0.2) is 0 Å². The molecule has 0 fully saturated rings. The first kappa shape index (κ1) is 19.1. The molecule has 0 heterocycles. The van der Waals surface area contributed by atoms with Crippen LogP contribution in [-0.4, -0.2) is 41.7 Å². The number of hydrogen-bond acceptors (Lipinski definition) is 3. The van der Waals surface area contributed by atoms with Gasteiger partial charge in [-0.15, -0.1) is 0 Å². The van der Waals surface area contributed by atoms with E-state index in [0.717, 1.165) is 25.9 Å². The topological polar surface area (TPSA) is 49.8 Å². The van der Waals surface area contributed by atoms with Gasteiger partial charge < -0.3 is 14.3 Å². The smallest absolute Gasteiger partial charge is 0.324 e. The molecule has 0 aromatic heterocycles. The Morgan fingerprint density at radius 3 is 2.05 bits per heavy atom. The summed E-state index contributed by atoms with van der Waals surface area (Å²) in [7, 11) is -1.42. The lowest BCUT2D eigenvalue weighted by Gasteiger charge is -2.26. The first-order valence-corrected chi connectivity index (χ1v) is 8.59. The minimum Gasteiger partial charge on any atom is -0.324 e. The van der Waals surface area contributed by atoms with Crippen molar-refractivity contribution in [2.24, 2.45) is 5.41 Å². The fourth-order valence-corrected chi connectivity index (χ4v) is 2.12. The van der Waals surface area contributed by atoms with E-state index in [1.54, 1.807) is 20.8 Å². The Bertz CT molecular complexity index is 305. The van der Waals surface area contributed by atoms with Gasteiger partial charge in [-0.1, -0.05) is 20.8 Å². The van der Waals surface area contributed by atoms with Crippen LogP contribution >= 0.6 is 7.60 Å².